The van der Waals surface area contributed by atoms with Gasteiger partial charge in [0.15, 0.2) is 0 Å². The lowest BCUT2D eigenvalue weighted by molar-refractivity contribution is -0.643. The monoisotopic (exact) mass is 307 g/mol. The van der Waals surface area contributed by atoms with Crippen LogP contribution in [0, 0.1) is 10.8 Å². The lowest BCUT2D eigenvalue weighted by Gasteiger charge is -2.24. The van der Waals surface area contributed by atoms with E-state index in [-0.39, 0.29) is 5.92 Å². The fraction of sp³-hybridized carbons (Fsp3) is 0.562. The fourth-order valence-corrected chi connectivity index (χ4v) is 3.06. The van der Waals surface area contributed by atoms with Gasteiger partial charge in [-0.2, -0.15) is 0 Å². The molecule has 0 radical (unpaired) electrons. The van der Waals surface area contributed by atoms with Gasteiger partial charge in [0.05, 0.1) is 19.1 Å². The van der Waals surface area contributed by atoms with Crippen LogP contribution in [0.25, 0.3) is 0 Å². The number of nitrogens with one attached hydrogen (secondary N) is 1. The Morgan fingerprint density at radius 2 is 1.82 bits per heavy atom. The average molecular weight is 307 g/mol. The van der Waals surface area contributed by atoms with Crippen LogP contribution < -0.4 is 10.2 Å². The maximum Gasteiger partial charge on any atom is 0.464 e. The van der Waals surface area contributed by atoms with E-state index in [0.717, 1.165) is 37.0 Å². The van der Waals surface area contributed by atoms with E-state index in [1.54, 1.807) is 7.11 Å². The number of hydrogen-bond acceptors (Lipinski definition) is 4. The van der Waals surface area contributed by atoms with E-state index in [1.165, 1.54) is 13.5 Å². The third kappa shape index (κ3) is 3.96. The number of nitrogens with zero attached hydrogens (tertiary/aromatic N) is 1. The highest BCUT2D eigenvalue weighted by molar-refractivity contribution is 5.65. The topological polar surface area (TPSA) is 67.6 Å². The molecule has 120 valence electrons. The second-order valence-corrected chi connectivity index (χ2v) is 5.55. The summed E-state index contributed by atoms with van der Waals surface area (Å²) in [4.78, 5) is 24.4. The van der Waals surface area contributed by atoms with Crippen LogP contribution in [0.2, 0.25) is 0 Å². The summed E-state index contributed by atoms with van der Waals surface area (Å²) in [7, 11) is 2.85. The number of benzene rings is 1. The minimum atomic E-state index is -0.746. The first kappa shape index (κ1) is 16.3. The van der Waals surface area contributed by atoms with E-state index >= 15 is 0 Å². The van der Waals surface area contributed by atoms with Gasteiger partial charge in [-0.05, 0) is 42.5 Å². The first-order chi connectivity index (χ1) is 10.7. The van der Waals surface area contributed by atoms with Crippen molar-refractivity contribution < 1.29 is 19.1 Å². The normalized spacial score (nSPS) is 16.6. The molecule has 1 N–H and O–H groups in total. The minimum absolute atomic E-state index is 0.219. The third-order valence-electron chi connectivity index (χ3n) is 4.19. The standard InChI is InChI=1S/C16H22N2O4/c1-21-14-10-8-13(9-11-14)15(12-6-4-3-5-7-12)18(20)17-16(19)22-2/h8-12,15H,3-7H2,1-2H3/p+1. The second-order valence-electron chi connectivity index (χ2n) is 5.55. The van der Waals surface area contributed by atoms with Gasteiger partial charge in [-0.1, -0.05) is 19.3 Å². The summed E-state index contributed by atoms with van der Waals surface area (Å²) < 4.78 is 9.67. The highest BCUT2D eigenvalue weighted by atomic mass is 16.5. The smallest absolute Gasteiger partial charge is 0.464 e. The van der Waals surface area contributed by atoms with E-state index < -0.39 is 12.1 Å². The summed E-state index contributed by atoms with van der Waals surface area (Å²) in [5.41, 5.74) is 3.11. The Balaban J connectivity index is 2.22. The molecule has 0 heterocycles. The summed E-state index contributed by atoms with van der Waals surface area (Å²) in [6, 6.07) is 7.00. The van der Waals surface area contributed by atoms with Crippen LogP contribution in [0.15, 0.2) is 24.3 Å². The molecule has 1 aromatic rings. The SMILES string of the molecule is COC(=O)N[N+](=O)C(c1ccc(OC)cc1)C1CCCCC1. The van der Waals surface area contributed by atoms with E-state index in [4.69, 9.17) is 4.74 Å². The van der Waals surface area contributed by atoms with Crippen LogP contribution in [0.1, 0.15) is 43.7 Å². The number of nitroso groups, excluding NO2 is 1. The zero-order valence-electron chi connectivity index (χ0n) is 13.1. The Labute approximate surface area is 130 Å². The van der Waals surface area contributed by atoms with Gasteiger partial charge < -0.3 is 9.47 Å². The lowest BCUT2D eigenvalue weighted by atomic mass is 9.81. The molecule has 0 bridgehead atoms. The Morgan fingerprint density at radius 1 is 1.18 bits per heavy atom. The molecule has 1 saturated carbocycles. The molecule has 1 amide bonds. The molecule has 6 nitrogen and oxygen atoms in total. The average Bonchev–Trinajstić information content (AvgIpc) is 2.56. The molecule has 1 atom stereocenters. The van der Waals surface area contributed by atoms with Gasteiger partial charge in [-0.3, -0.25) is 0 Å². The zero-order valence-corrected chi connectivity index (χ0v) is 13.1. The van der Waals surface area contributed by atoms with Crippen molar-refractivity contribution in [3.8, 4) is 5.75 Å². The highest BCUT2D eigenvalue weighted by Crippen LogP contribution is 2.36. The van der Waals surface area contributed by atoms with Crippen LogP contribution in [-0.2, 0) is 4.74 Å². The molecule has 1 aliphatic carbocycles. The Hall–Kier alpha value is -2.11. The van der Waals surface area contributed by atoms with Crippen molar-refractivity contribution in [2.45, 2.75) is 38.1 Å². The summed E-state index contributed by atoms with van der Waals surface area (Å²) >= 11 is 0. The number of hydrazine groups is 1. The quantitative estimate of drug-likeness (QED) is 0.669. The van der Waals surface area contributed by atoms with Crippen LogP contribution in [0.5, 0.6) is 5.75 Å². The van der Waals surface area contributed by atoms with Gasteiger partial charge in [-0.15, -0.1) is 0 Å². The number of rotatable bonds is 5. The van der Waals surface area contributed by atoms with Crippen LogP contribution >= 0.6 is 0 Å². The summed E-state index contributed by atoms with van der Waals surface area (Å²) in [5.74, 6) is 0.960. The molecule has 22 heavy (non-hydrogen) atoms. The molecule has 2 rings (SSSR count). The number of carbonyl (C=O) groups is 1. The van der Waals surface area contributed by atoms with Crippen molar-refractivity contribution in [3.63, 3.8) is 0 Å². The van der Waals surface area contributed by atoms with E-state index in [0.29, 0.717) is 4.87 Å². The number of methoxy groups -OCH3 is 2. The number of amides is 1. The predicted molar refractivity (Wildman–Crippen MR) is 81.5 cm³/mol. The fourth-order valence-electron chi connectivity index (χ4n) is 3.06. The Kier molecular flexibility index (Phi) is 5.75. The van der Waals surface area contributed by atoms with Crippen LogP contribution in [-0.4, -0.2) is 25.2 Å². The number of carbonyl (C=O) groups excluding carboxylic acids is 1. The van der Waals surface area contributed by atoms with Crippen molar-refractivity contribution >= 4 is 6.09 Å². The van der Waals surface area contributed by atoms with Crippen molar-refractivity contribution in [1.29, 1.82) is 0 Å². The molecule has 0 saturated heterocycles. The predicted octanol–water partition coefficient (Wildman–Crippen LogP) is 3.37. The van der Waals surface area contributed by atoms with E-state index in [1.807, 2.05) is 24.3 Å². The van der Waals surface area contributed by atoms with Gasteiger partial charge in [0.25, 0.3) is 6.04 Å². The minimum Gasteiger partial charge on any atom is -0.497 e. The van der Waals surface area contributed by atoms with Crippen molar-refractivity contribution in [2.24, 2.45) is 5.92 Å². The molecular formula is C16H23N2O4+. The lowest BCUT2D eigenvalue weighted by Crippen LogP contribution is -2.39. The largest absolute Gasteiger partial charge is 0.497 e. The molecule has 1 aromatic carbocycles. The molecule has 0 aromatic heterocycles. The Bertz CT molecular complexity index is 509. The first-order valence-corrected chi connectivity index (χ1v) is 7.60. The number of hydrogen-bond donors (Lipinski definition) is 1. The first-order valence-electron chi connectivity index (χ1n) is 7.60. The van der Waals surface area contributed by atoms with Gasteiger partial charge in [-0.25, -0.2) is 4.79 Å². The van der Waals surface area contributed by atoms with Gasteiger partial charge in [0, 0.05) is 11.5 Å². The van der Waals surface area contributed by atoms with Gasteiger partial charge >= 0.3 is 6.09 Å². The van der Waals surface area contributed by atoms with Gasteiger partial charge in [0.2, 0.25) is 0 Å². The van der Waals surface area contributed by atoms with Crippen molar-refractivity contribution in [1.82, 2.24) is 5.43 Å². The maximum atomic E-state index is 12.4. The summed E-state index contributed by atoms with van der Waals surface area (Å²) in [6.45, 7) is 0. The van der Waals surface area contributed by atoms with E-state index in [9.17, 15) is 9.70 Å². The second kappa shape index (κ2) is 7.77. The summed E-state index contributed by atoms with van der Waals surface area (Å²) in [6.07, 6.45) is 4.66. The molecule has 0 aliphatic heterocycles. The molecule has 0 spiro atoms. The van der Waals surface area contributed by atoms with Gasteiger partial charge in [0.1, 0.15) is 10.6 Å². The molecular weight excluding hydrogens is 284 g/mol. The zero-order chi connectivity index (χ0) is 15.9. The Morgan fingerprint density at radius 3 is 2.36 bits per heavy atom. The third-order valence-corrected chi connectivity index (χ3v) is 4.19. The maximum absolute atomic E-state index is 12.4. The van der Waals surface area contributed by atoms with Crippen molar-refractivity contribution in [2.75, 3.05) is 14.2 Å². The highest BCUT2D eigenvalue weighted by Gasteiger charge is 2.38. The van der Waals surface area contributed by atoms with E-state index in [2.05, 4.69) is 10.2 Å². The van der Waals surface area contributed by atoms with Crippen molar-refractivity contribution in [3.05, 3.63) is 34.7 Å². The van der Waals surface area contributed by atoms with Crippen LogP contribution in [0.4, 0.5) is 4.79 Å². The molecule has 1 unspecified atom stereocenters. The summed E-state index contributed by atoms with van der Waals surface area (Å²) in [5, 5.41) is 0. The molecule has 1 aliphatic rings. The molecule has 1 fully saturated rings. The number of ether oxygens (including phenoxy) is 2. The van der Waals surface area contributed by atoms with Crippen LogP contribution in [0.3, 0.4) is 0 Å². The molecule has 6 heteroatoms.